The average molecular weight is 432 g/mol. The number of carbonyl (C=O) groups excluding carboxylic acids is 2. The van der Waals surface area contributed by atoms with Crippen LogP contribution in [0.5, 0.6) is 0 Å². The molecule has 29 heavy (non-hydrogen) atoms. The Bertz CT molecular complexity index is 645. The number of fused-ring (bicyclic) bond motifs is 1. The molecule has 2 amide bonds. The number of thiol groups is 1. The normalized spacial score (nSPS) is 30.4. The summed E-state index contributed by atoms with van der Waals surface area (Å²) in [5.41, 5.74) is -0.0967. The summed E-state index contributed by atoms with van der Waals surface area (Å²) in [7, 11) is 0. The Balaban J connectivity index is 2.03. The van der Waals surface area contributed by atoms with Gasteiger partial charge in [0.05, 0.1) is 19.3 Å². The smallest absolute Gasteiger partial charge is 0.328 e. The van der Waals surface area contributed by atoms with Crippen molar-refractivity contribution >= 4 is 30.4 Å². The van der Waals surface area contributed by atoms with Gasteiger partial charge in [-0.2, -0.15) is 12.6 Å². The second-order valence-electron chi connectivity index (χ2n) is 8.84. The van der Waals surface area contributed by atoms with Gasteiger partial charge in [0.25, 0.3) is 0 Å². The maximum Gasteiger partial charge on any atom is 0.328 e. The molecule has 2 aliphatic carbocycles. The highest BCUT2D eigenvalue weighted by Gasteiger charge is 2.72. The quantitative estimate of drug-likeness (QED) is 0.222. The zero-order valence-electron chi connectivity index (χ0n) is 17.1. The van der Waals surface area contributed by atoms with Gasteiger partial charge in [0, 0.05) is 11.3 Å². The van der Waals surface area contributed by atoms with Gasteiger partial charge in [-0.05, 0) is 30.1 Å². The molecule has 2 fully saturated rings. The van der Waals surface area contributed by atoms with Crippen molar-refractivity contribution in [2.75, 3.05) is 19.0 Å². The van der Waals surface area contributed by atoms with Crippen molar-refractivity contribution < 1.29 is 29.7 Å². The van der Waals surface area contributed by atoms with Crippen molar-refractivity contribution in [1.82, 2.24) is 16.0 Å². The maximum absolute atomic E-state index is 12.8. The lowest BCUT2D eigenvalue weighted by molar-refractivity contribution is -0.143. The molecule has 6 atom stereocenters. The van der Waals surface area contributed by atoms with Crippen LogP contribution in [0.3, 0.4) is 0 Å². The second-order valence-corrected chi connectivity index (χ2v) is 9.20. The molecule has 0 heterocycles. The Hall–Kier alpha value is -1.36. The van der Waals surface area contributed by atoms with Crippen molar-refractivity contribution in [3.8, 4) is 0 Å². The van der Waals surface area contributed by atoms with Gasteiger partial charge in [-0.15, -0.1) is 0 Å². The fraction of sp³-hybridized carbons (Fsp3) is 0.842. The summed E-state index contributed by atoms with van der Waals surface area (Å²) >= 11 is 4.29. The number of carboxylic acids is 1. The molecule has 9 nitrogen and oxygen atoms in total. The van der Waals surface area contributed by atoms with Crippen LogP contribution in [0.4, 0.5) is 0 Å². The number of hydrogen-bond donors (Lipinski definition) is 7. The minimum Gasteiger partial charge on any atom is -0.480 e. The summed E-state index contributed by atoms with van der Waals surface area (Å²) < 4.78 is 0. The van der Waals surface area contributed by atoms with Crippen molar-refractivity contribution in [2.45, 2.75) is 63.7 Å². The molecule has 0 saturated heterocycles. The maximum atomic E-state index is 12.8. The van der Waals surface area contributed by atoms with E-state index in [0.29, 0.717) is 11.8 Å². The third-order valence-electron chi connectivity index (χ3n) is 6.69. The van der Waals surface area contributed by atoms with Gasteiger partial charge in [0.1, 0.15) is 12.1 Å². The molecule has 6 N–H and O–H groups in total. The summed E-state index contributed by atoms with van der Waals surface area (Å²) in [6.45, 7) is 5.09. The van der Waals surface area contributed by atoms with Gasteiger partial charge < -0.3 is 26.0 Å². The van der Waals surface area contributed by atoms with E-state index < -0.39 is 49.1 Å². The monoisotopic (exact) mass is 431 g/mol. The topological polar surface area (TPSA) is 148 Å². The molecule has 0 radical (unpaired) electrons. The molecule has 0 aromatic heterocycles. The summed E-state index contributed by atoms with van der Waals surface area (Å²) in [6.07, 6.45) is 3.22. The van der Waals surface area contributed by atoms with E-state index in [2.05, 4.69) is 49.4 Å². The standard InChI is InChI=1S/C19H33N3O6S/c1-10-4-5-14-18(2,3)19(14,6-10)22-13(9-29)16(26)20-11(7-23)15(25)21-12(8-24)17(27)28/h10-14,22-24,29H,4-9H2,1-3H3,(H,20,26)(H,21,25)(H,27,28)/t10?,11-,12-,13-,14?,19?/m0/s1. The molecule has 0 bridgehead atoms. The first-order valence-corrected chi connectivity index (χ1v) is 10.6. The number of aliphatic hydroxyl groups is 2. The summed E-state index contributed by atoms with van der Waals surface area (Å²) in [5.74, 6) is -1.55. The highest BCUT2D eigenvalue weighted by atomic mass is 32.1. The Morgan fingerprint density at radius 2 is 1.59 bits per heavy atom. The zero-order chi connectivity index (χ0) is 22.0. The minimum absolute atomic E-state index is 0.0584. The van der Waals surface area contributed by atoms with E-state index in [1.165, 1.54) is 0 Å². The van der Waals surface area contributed by atoms with Crippen molar-refractivity contribution in [1.29, 1.82) is 0 Å². The summed E-state index contributed by atoms with van der Waals surface area (Å²) in [4.78, 5) is 35.9. The molecular formula is C19H33N3O6S. The van der Waals surface area contributed by atoms with Gasteiger partial charge in [0.15, 0.2) is 0 Å². The van der Waals surface area contributed by atoms with Crippen LogP contribution in [-0.2, 0) is 14.4 Å². The van der Waals surface area contributed by atoms with Crippen LogP contribution in [-0.4, -0.2) is 75.7 Å². The number of hydrogen-bond acceptors (Lipinski definition) is 7. The molecule has 0 aromatic rings. The molecule has 3 unspecified atom stereocenters. The molecule has 0 aliphatic heterocycles. The number of amides is 2. The SMILES string of the molecule is CC1CCC2C(C)(C)C2(N[C@@H](CS)C(=O)N[C@@H](CO)C(=O)N[C@@H](CO)C(=O)O)C1. The highest BCUT2D eigenvalue weighted by Crippen LogP contribution is 2.69. The molecular weight excluding hydrogens is 398 g/mol. The van der Waals surface area contributed by atoms with E-state index in [9.17, 15) is 19.5 Å². The Morgan fingerprint density at radius 1 is 1.03 bits per heavy atom. The largest absolute Gasteiger partial charge is 0.480 e. The number of carboxylic acid groups (broad SMARTS) is 1. The minimum atomic E-state index is -1.51. The molecule has 2 rings (SSSR count). The van der Waals surface area contributed by atoms with Crippen LogP contribution < -0.4 is 16.0 Å². The number of aliphatic carboxylic acids is 1. The average Bonchev–Trinajstić information content (AvgIpc) is 3.14. The van der Waals surface area contributed by atoms with Crippen LogP contribution in [0.1, 0.15) is 40.0 Å². The third-order valence-corrected chi connectivity index (χ3v) is 7.06. The van der Waals surface area contributed by atoms with Crippen LogP contribution in [0, 0.1) is 17.3 Å². The Labute approximate surface area is 176 Å². The molecule has 2 saturated carbocycles. The van der Waals surface area contributed by atoms with Crippen LogP contribution in [0.2, 0.25) is 0 Å². The van der Waals surface area contributed by atoms with Gasteiger partial charge in [-0.3, -0.25) is 14.9 Å². The molecule has 10 heteroatoms. The highest BCUT2D eigenvalue weighted by molar-refractivity contribution is 7.80. The van der Waals surface area contributed by atoms with Gasteiger partial charge >= 0.3 is 5.97 Å². The summed E-state index contributed by atoms with van der Waals surface area (Å²) in [6, 6.07) is -3.50. The number of rotatable bonds is 10. The lowest BCUT2D eigenvalue weighted by Gasteiger charge is -2.33. The number of carbonyl (C=O) groups is 3. The van der Waals surface area contributed by atoms with E-state index in [1.807, 2.05) is 0 Å². The van der Waals surface area contributed by atoms with Gasteiger partial charge in [0.2, 0.25) is 11.8 Å². The Kier molecular flexibility index (Phi) is 7.58. The lowest BCUT2D eigenvalue weighted by Crippen LogP contribution is -2.59. The number of aliphatic hydroxyl groups excluding tert-OH is 2. The van der Waals surface area contributed by atoms with Crippen LogP contribution in [0.25, 0.3) is 0 Å². The van der Waals surface area contributed by atoms with Crippen LogP contribution >= 0.6 is 12.6 Å². The van der Waals surface area contributed by atoms with Gasteiger partial charge in [-0.25, -0.2) is 4.79 Å². The van der Waals surface area contributed by atoms with E-state index in [4.69, 9.17) is 10.2 Å². The zero-order valence-corrected chi connectivity index (χ0v) is 18.0. The van der Waals surface area contributed by atoms with E-state index in [1.54, 1.807) is 0 Å². The predicted molar refractivity (Wildman–Crippen MR) is 109 cm³/mol. The molecule has 0 aromatic carbocycles. The van der Waals surface area contributed by atoms with Crippen molar-refractivity contribution in [3.05, 3.63) is 0 Å². The van der Waals surface area contributed by atoms with Crippen LogP contribution in [0.15, 0.2) is 0 Å². The number of nitrogens with one attached hydrogen (secondary N) is 3. The first-order chi connectivity index (χ1) is 13.5. The first kappa shape index (κ1) is 23.9. The Morgan fingerprint density at radius 3 is 2.10 bits per heavy atom. The second kappa shape index (κ2) is 9.20. The van der Waals surface area contributed by atoms with Crippen molar-refractivity contribution in [3.63, 3.8) is 0 Å². The van der Waals surface area contributed by atoms with Gasteiger partial charge in [-0.1, -0.05) is 27.2 Å². The summed E-state index contributed by atoms with van der Waals surface area (Å²) in [5, 5.41) is 35.5. The fourth-order valence-electron chi connectivity index (χ4n) is 4.86. The van der Waals surface area contributed by atoms with Crippen molar-refractivity contribution in [2.24, 2.45) is 17.3 Å². The van der Waals surface area contributed by atoms with E-state index >= 15 is 0 Å². The van der Waals surface area contributed by atoms with E-state index in [-0.39, 0.29) is 16.7 Å². The lowest BCUT2D eigenvalue weighted by atomic mass is 9.86. The van der Waals surface area contributed by atoms with E-state index in [0.717, 1.165) is 19.3 Å². The molecule has 166 valence electrons. The molecule has 2 aliphatic rings. The predicted octanol–water partition coefficient (Wildman–Crippen LogP) is -0.872. The first-order valence-electron chi connectivity index (χ1n) is 9.97. The fourth-order valence-corrected chi connectivity index (χ4v) is 5.11. The molecule has 0 spiro atoms. The third kappa shape index (κ3) is 4.70.